The van der Waals surface area contributed by atoms with Crippen molar-refractivity contribution in [3.63, 3.8) is 0 Å². The lowest BCUT2D eigenvalue weighted by Crippen LogP contribution is -2.31. The van der Waals surface area contributed by atoms with E-state index in [2.05, 4.69) is 27.0 Å². The Morgan fingerprint density at radius 2 is 2.09 bits per heavy atom. The van der Waals surface area contributed by atoms with Gasteiger partial charge in [0.05, 0.1) is 23.8 Å². The highest BCUT2D eigenvalue weighted by Crippen LogP contribution is 2.39. The van der Waals surface area contributed by atoms with Crippen LogP contribution in [-0.2, 0) is 16.6 Å². The van der Waals surface area contributed by atoms with Gasteiger partial charge in [0.1, 0.15) is 17.5 Å². The van der Waals surface area contributed by atoms with Crippen LogP contribution in [0.5, 0.6) is 0 Å². The zero-order valence-electron chi connectivity index (χ0n) is 17.9. The Kier molecular flexibility index (Phi) is 5.68. The molecule has 0 aromatic carbocycles. The lowest BCUT2D eigenvalue weighted by Gasteiger charge is -2.14. The van der Waals surface area contributed by atoms with Gasteiger partial charge in [0, 0.05) is 30.5 Å². The predicted molar refractivity (Wildman–Crippen MR) is 125 cm³/mol. The van der Waals surface area contributed by atoms with Crippen LogP contribution in [0, 0.1) is 5.82 Å². The molecule has 178 valence electrons. The van der Waals surface area contributed by atoms with Gasteiger partial charge in [0.15, 0.2) is 10.8 Å². The maximum atomic E-state index is 14.4. The first kappa shape index (κ1) is 22.6. The maximum absolute atomic E-state index is 14.4. The smallest absolute Gasteiger partial charge is 0.260 e. The van der Waals surface area contributed by atoms with Gasteiger partial charge in [-0.05, 0) is 36.5 Å². The highest BCUT2D eigenvalue weighted by molar-refractivity contribution is 7.89. The van der Waals surface area contributed by atoms with Crippen molar-refractivity contribution in [2.75, 3.05) is 6.54 Å². The largest absolute Gasteiger partial charge is 0.400 e. The molecule has 0 saturated heterocycles. The molecule has 1 fully saturated rings. The highest BCUT2D eigenvalue weighted by Gasteiger charge is 2.25. The number of pyridine rings is 2. The van der Waals surface area contributed by atoms with Gasteiger partial charge in [-0.2, -0.15) is 0 Å². The molecule has 0 aliphatic heterocycles. The summed E-state index contributed by atoms with van der Waals surface area (Å²) in [6.45, 7) is 0.0104. The molecule has 1 aliphatic carbocycles. The summed E-state index contributed by atoms with van der Waals surface area (Å²) in [5.41, 5.74) is 8.70. The molecular weight excluding hydrogens is 483 g/mol. The first-order valence-corrected chi connectivity index (χ1v) is 12.3. The lowest BCUT2D eigenvalue weighted by atomic mass is 10.2. The van der Waals surface area contributed by atoms with Gasteiger partial charge in [-0.25, -0.2) is 33.3 Å². The number of halogens is 2. The molecule has 1 saturated carbocycles. The molecule has 13 heteroatoms. The fraction of sp³-hybridized carbons (Fsp3) is 0.238. The Bertz CT molecular complexity index is 1530. The van der Waals surface area contributed by atoms with Crippen LogP contribution < -0.4 is 16.3 Å². The van der Waals surface area contributed by atoms with Crippen LogP contribution >= 0.6 is 11.6 Å². The molecule has 5 rings (SSSR count). The molecule has 34 heavy (non-hydrogen) atoms. The van der Waals surface area contributed by atoms with Crippen LogP contribution in [0.4, 0.5) is 4.39 Å². The summed E-state index contributed by atoms with van der Waals surface area (Å²) in [5.74, 6) is 5.79. The molecule has 0 atom stereocenters. The molecule has 10 nitrogen and oxygen atoms in total. The normalized spacial score (nSPS) is 14.9. The number of nitrogens with two attached hydrogens (primary N) is 2. The molecule has 4 heterocycles. The van der Waals surface area contributed by atoms with Gasteiger partial charge in [0.25, 0.3) is 10.0 Å². The molecular formula is C21H22ClFN8O2S. The van der Waals surface area contributed by atoms with Crippen LogP contribution in [0.15, 0.2) is 60.0 Å². The van der Waals surface area contributed by atoms with E-state index in [9.17, 15) is 12.8 Å². The number of aromatic nitrogens is 4. The molecule has 4 aromatic heterocycles. The van der Waals surface area contributed by atoms with Crippen molar-refractivity contribution in [3.8, 4) is 0 Å². The van der Waals surface area contributed by atoms with Gasteiger partial charge in [-0.3, -0.25) is 0 Å². The highest BCUT2D eigenvalue weighted by atomic mass is 35.5. The maximum Gasteiger partial charge on any atom is 0.260 e. The Labute approximate surface area is 199 Å². The minimum Gasteiger partial charge on any atom is -0.400 e. The SMILES string of the molecule is N/C(=C\N(N)Cc1cn2cc(C3CC3)ccc2n1)CNS(=O)(=O)c1ncn2ccc(Cl)c(F)c12. The van der Waals surface area contributed by atoms with E-state index in [4.69, 9.17) is 23.2 Å². The van der Waals surface area contributed by atoms with E-state index < -0.39 is 20.9 Å². The van der Waals surface area contributed by atoms with Crippen molar-refractivity contribution in [2.45, 2.75) is 30.3 Å². The fourth-order valence-corrected chi connectivity index (χ4v) is 5.00. The van der Waals surface area contributed by atoms with E-state index in [0.29, 0.717) is 5.92 Å². The number of fused-ring (bicyclic) bond motifs is 2. The first-order valence-electron chi connectivity index (χ1n) is 10.5. The van der Waals surface area contributed by atoms with Crippen LogP contribution in [0.25, 0.3) is 11.2 Å². The molecule has 0 amide bonds. The quantitative estimate of drug-likeness (QED) is 0.247. The number of imidazole rings is 2. The summed E-state index contributed by atoms with van der Waals surface area (Å²) in [6, 6.07) is 5.38. The van der Waals surface area contributed by atoms with E-state index in [1.54, 1.807) is 0 Å². The van der Waals surface area contributed by atoms with E-state index >= 15 is 0 Å². The molecule has 4 aromatic rings. The minimum atomic E-state index is -4.17. The predicted octanol–water partition coefficient (Wildman–Crippen LogP) is 2.11. The molecule has 0 bridgehead atoms. The first-order chi connectivity index (χ1) is 16.2. The summed E-state index contributed by atoms with van der Waals surface area (Å²) in [7, 11) is -4.17. The van der Waals surface area contributed by atoms with Crippen molar-refractivity contribution in [1.82, 2.24) is 28.5 Å². The summed E-state index contributed by atoms with van der Waals surface area (Å²) >= 11 is 5.78. The third-order valence-corrected chi connectivity index (χ3v) is 7.15. The van der Waals surface area contributed by atoms with E-state index in [-0.39, 0.29) is 29.3 Å². The Morgan fingerprint density at radius 3 is 2.85 bits per heavy atom. The number of sulfonamides is 1. The number of hydrazine groups is 1. The standard InChI is InChI=1S/C21H22ClFN8O2S/c22-17-5-6-29-12-26-21(20(29)19(17)23)34(32,33)27-7-15(24)9-31(25)11-16-10-30-8-14(13-1-2-13)3-4-18(30)28-16/h3-6,8-10,12-13,27H,1-2,7,11,24-25H2/b15-9-. The molecule has 0 spiro atoms. The molecule has 0 unspecified atom stereocenters. The van der Waals surface area contributed by atoms with E-state index in [1.807, 2.05) is 16.7 Å². The van der Waals surface area contributed by atoms with Gasteiger partial charge in [-0.1, -0.05) is 17.7 Å². The van der Waals surface area contributed by atoms with Crippen molar-refractivity contribution in [3.05, 3.63) is 77.1 Å². The molecule has 1 aliphatic rings. The van der Waals surface area contributed by atoms with Crippen molar-refractivity contribution < 1.29 is 12.8 Å². The van der Waals surface area contributed by atoms with Gasteiger partial charge in [0.2, 0.25) is 0 Å². The second kappa shape index (κ2) is 8.55. The van der Waals surface area contributed by atoms with Crippen molar-refractivity contribution in [1.29, 1.82) is 0 Å². The number of nitrogens with zero attached hydrogens (tertiary/aromatic N) is 5. The zero-order chi connectivity index (χ0) is 24.0. The number of hydrogen-bond acceptors (Lipinski definition) is 7. The number of nitrogens with one attached hydrogen (secondary N) is 1. The Morgan fingerprint density at radius 1 is 1.29 bits per heavy atom. The van der Waals surface area contributed by atoms with Crippen molar-refractivity contribution >= 4 is 32.8 Å². The average Bonchev–Trinajstić information content (AvgIpc) is 3.41. The molecule has 0 radical (unpaired) electrons. The Hall–Kier alpha value is -3.19. The monoisotopic (exact) mass is 504 g/mol. The minimum absolute atomic E-state index is 0.146. The van der Waals surface area contributed by atoms with Crippen LogP contribution in [-0.4, -0.2) is 38.7 Å². The summed E-state index contributed by atoms with van der Waals surface area (Å²) in [5, 5.41) is 0.622. The van der Waals surface area contributed by atoms with Crippen LogP contribution in [0.1, 0.15) is 30.0 Å². The van der Waals surface area contributed by atoms with Crippen LogP contribution in [0.2, 0.25) is 5.02 Å². The topological polar surface area (TPSA) is 136 Å². The lowest BCUT2D eigenvalue weighted by molar-refractivity contribution is 0.378. The third-order valence-electron chi connectivity index (χ3n) is 5.53. The molecule has 5 N–H and O–H groups in total. The van der Waals surface area contributed by atoms with Gasteiger partial charge < -0.3 is 19.5 Å². The van der Waals surface area contributed by atoms with Gasteiger partial charge >= 0.3 is 0 Å². The second-order valence-corrected chi connectivity index (χ2v) is 10.3. The van der Waals surface area contributed by atoms with Gasteiger partial charge in [-0.15, -0.1) is 0 Å². The number of rotatable bonds is 8. The average molecular weight is 505 g/mol. The second-order valence-electron chi connectivity index (χ2n) is 8.22. The fourth-order valence-electron chi connectivity index (χ4n) is 3.73. The van der Waals surface area contributed by atoms with Crippen molar-refractivity contribution in [2.24, 2.45) is 11.6 Å². The van der Waals surface area contributed by atoms with Crippen LogP contribution in [0.3, 0.4) is 0 Å². The third kappa shape index (κ3) is 4.44. The summed E-state index contributed by atoms with van der Waals surface area (Å²) in [6.07, 6.45) is 10.4. The van der Waals surface area contributed by atoms with E-state index in [1.165, 1.54) is 52.6 Å². The summed E-state index contributed by atoms with van der Waals surface area (Å²) in [4.78, 5) is 8.36. The number of hydrogen-bond donors (Lipinski definition) is 3. The summed E-state index contributed by atoms with van der Waals surface area (Å²) < 4.78 is 45.3. The zero-order valence-corrected chi connectivity index (χ0v) is 19.5. The Balaban J connectivity index is 1.25. The van der Waals surface area contributed by atoms with E-state index in [0.717, 1.165) is 11.3 Å².